The molecule has 0 aromatic carbocycles. The molecule has 0 saturated heterocycles. The molecule has 1 fully saturated rings. The third kappa shape index (κ3) is 13.2. The van der Waals surface area contributed by atoms with Gasteiger partial charge in [-0.25, -0.2) is 30.1 Å². The van der Waals surface area contributed by atoms with Crippen molar-refractivity contribution in [1.82, 2.24) is 11.0 Å². The van der Waals surface area contributed by atoms with E-state index in [1.165, 1.54) is 0 Å². The van der Waals surface area contributed by atoms with Gasteiger partial charge in [0, 0.05) is 24.0 Å². The number of amides is 2. The summed E-state index contributed by atoms with van der Waals surface area (Å²) in [5, 5.41) is 0. The molecule has 1 rings (SSSR count). The van der Waals surface area contributed by atoms with Crippen molar-refractivity contribution in [3.63, 3.8) is 0 Å². The summed E-state index contributed by atoms with van der Waals surface area (Å²) in [5.41, 5.74) is 4.55. The summed E-state index contributed by atoms with van der Waals surface area (Å²) >= 11 is 0. The Morgan fingerprint density at radius 1 is 0.611 bits per heavy atom. The molecule has 2 amide bonds. The van der Waals surface area contributed by atoms with Crippen LogP contribution in [0.2, 0.25) is 0 Å². The largest absolute Gasteiger partial charge is 0.461 e. The summed E-state index contributed by atoms with van der Waals surface area (Å²) in [7, 11) is 0. The maximum atomic E-state index is 12.2. The lowest BCUT2D eigenvalue weighted by atomic mass is 9.81. The van der Waals surface area contributed by atoms with Crippen LogP contribution in [-0.2, 0) is 57.4 Å². The van der Waals surface area contributed by atoms with Crippen molar-refractivity contribution in [2.75, 3.05) is 39.6 Å². The van der Waals surface area contributed by atoms with Crippen molar-refractivity contribution in [2.24, 2.45) is 11.8 Å². The standard InChI is InChI=1S/C22H30N2O12/c1-3-17(25)33-13-19(27)31-9-11-35-23-21(29)15-5-7-16(8-6-15)22(30)24-36-12-10-32-20(28)14-34-18(26)4-2/h3-4,15-16H,1-2,5-14H2,(H,23,29)(H,24,30). The van der Waals surface area contributed by atoms with Crippen molar-refractivity contribution < 1.29 is 57.4 Å². The van der Waals surface area contributed by atoms with Crippen LogP contribution >= 0.6 is 0 Å². The van der Waals surface area contributed by atoms with E-state index in [2.05, 4.69) is 33.6 Å². The number of carbonyl (C=O) groups excluding carboxylic acids is 6. The molecular weight excluding hydrogens is 484 g/mol. The monoisotopic (exact) mass is 514 g/mol. The molecule has 0 atom stereocenters. The molecule has 1 saturated carbocycles. The minimum atomic E-state index is -0.770. The van der Waals surface area contributed by atoms with Crippen molar-refractivity contribution >= 4 is 35.7 Å². The summed E-state index contributed by atoms with van der Waals surface area (Å²) in [6, 6.07) is 0. The van der Waals surface area contributed by atoms with Crippen LogP contribution in [0.1, 0.15) is 25.7 Å². The molecule has 200 valence electrons. The van der Waals surface area contributed by atoms with Crippen LogP contribution in [0.4, 0.5) is 0 Å². The molecule has 0 aromatic heterocycles. The number of rotatable bonds is 16. The highest BCUT2D eigenvalue weighted by molar-refractivity contribution is 5.84. The van der Waals surface area contributed by atoms with Crippen LogP contribution in [0.15, 0.2) is 25.3 Å². The van der Waals surface area contributed by atoms with Gasteiger partial charge in [-0.05, 0) is 25.7 Å². The Hall–Kier alpha value is -3.78. The Bertz CT molecular complexity index is 739. The van der Waals surface area contributed by atoms with Crippen LogP contribution in [-0.4, -0.2) is 75.3 Å². The highest BCUT2D eigenvalue weighted by Crippen LogP contribution is 2.29. The van der Waals surface area contributed by atoms with E-state index in [1.807, 2.05) is 0 Å². The topological polar surface area (TPSA) is 182 Å². The first-order chi connectivity index (χ1) is 17.3. The van der Waals surface area contributed by atoms with Crippen molar-refractivity contribution in [2.45, 2.75) is 25.7 Å². The molecule has 2 N–H and O–H groups in total. The van der Waals surface area contributed by atoms with E-state index >= 15 is 0 Å². The van der Waals surface area contributed by atoms with Gasteiger partial charge >= 0.3 is 23.9 Å². The lowest BCUT2D eigenvalue weighted by Gasteiger charge is -2.26. The van der Waals surface area contributed by atoms with Gasteiger partial charge in [0.25, 0.3) is 0 Å². The number of esters is 4. The summed E-state index contributed by atoms with van der Waals surface area (Å²) in [4.78, 5) is 78.6. The third-order valence-electron chi connectivity index (χ3n) is 4.71. The molecule has 0 aromatic rings. The van der Waals surface area contributed by atoms with Gasteiger partial charge in [-0.15, -0.1) is 0 Å². The molecule has 1 aliphatic carbocycles. The molecule has 0 heterocycles. The highest BCUT2D eigenvalue weighted by atomic mass is 16.7. The Morgan fingerprint density at radius 2 is 0.972 bits per heavy atom. The summed E-state index contributed by atoms with van der Waals surface area (Å²) in [5.74, 6) is -4.42. The Morgan fingerprint density at radius 3 is 1.31 bits per heavy atom. The van der Waals surface area contributed by atoms with Gasteiger partial charge in [-0.1, -0.05) is 13.2 Å². The Kier molecular flexibility index (Phi) is 14.8. The second-order valence-electron chi connectivity index (χ2n) is 7.24. The van der Waals surface area contributed by atoms with Crippen molar-refractivity contribution in [3.8, 4) is 0 Å². The smallest absolute Gasteiger partial charge is 0.344 e. The minimum absolute atomic E-state index is 0.0999. The van der Waals surface area contributed by atoms with Crippen molar-refractivity contribution in [3.05, 3.63) is 25.3 Å². The summed E-state index contributed by atoms with van der Waals surface area (Å²) in [6.07, 6.45) is 3.65. The lowest BCUT2D eigenvalue weighted by molar-refractivity contribution is -0.159. The SMILES string of the molecule is C=CC(=O)OCC(=O)OCCONC(=O)C1CCC(C(=O)NOCCOC(=O)COC(=O)C=C)CC1. The fraction of sp³-hybridized carbons (Fsp3) is 0.545. The fourth-order valence-electron chi connectivity index (χ4n) is 2.88. The average molecular weight is 514 g/mol. The van der Waals surface area contributed by atoms with Crippen LogP contribution in [0, 0.1) is 11.8 Å². The maximum Gasteiger partial charge on any atom is 0.344 e. The van der Waals surface area contributed by atoms with Crippen LogP contribution in [0.25, 0.3) is 0 Å². The quantitative estimate of drug-likeness (QED) is 0.0881. The molecule has 36 heavy (non-hydrogen) atoms. The number of hydrogen-bond donors (Lipinski definition) is 2. The summed E-state index contributed by atoms with van der Waals surface area (Å²) < 4.78 is 18.5. The second-order valence-corrected chi connectivity index (χ2v) is 7.24. The summed E-state index contributed by atoms with van der Waals surface area (Å²) in [6.45, 7) is 4.76. The molecular formula is C22H30N2O12. The zero-order valence-corrected chi connectivity index (χ0v) is 19.7. The number of hydroxylamine groups is 2. The Balaban J connectivity index is 2.09. The fourth-order valence-corrected chi connectivity index (χ4v) is 2.88. The molecule has 14 nitrogen and oxygen atoms in total. The van der Waals surface area contributed by atoms with Gasteiger partial charge < -0.3 is 18.9 Å². The van der Waals surface area contributed by atoms with E-state index in [0.29, 0.717) is 25.7 Å². The van der Waals surface area contributed by atoms with Crippen LogP contribution in [0.5, 0.6) is 0 Å². The highest BCUT2D eigenvalue weighted by Gasteiger charge is 2.30. The van der Waals surface area contributed by atoms with E-state index in [1.54, 1.807) is 0 Å². The molecule has 1 aliphatic rings. The zero-order chi connectivity index (χ0) is 26.8. The van der Waals surface area contributed by atoms with Gasteiger partial charge in [0.05, 0.1) is 0 Å². The first-order valence-corrected chi connectivity index (χ1v) is 11.0. The molecule has 0 spiro atoms. The van der Waals surface area contributed by atoms with Gasteiger partial charge in [-0.2, -0.15) is 0 Å². The molecule has 0 radical (unpaired) electrons. The van der Waals surface area contributed by atoms with Gasteiger partial charge in [0.2, 0.25) is 11.8 Å². The number of hydrogen-bond acceptors (Lipinski definition) is 12. The van der Waals surface area contributed by atoms with E-state index in [9.17, 15) is 28.8 Å². The number of carbonyl (C=O) groups is 6. The first kappa shape index (κ1) is 30.3. The van der Waals surface area contributed by atoms with Crippen LogP contribution < -0.4 is 11.0 Å². The normalized spacial score (nSPS) is 16.6. The van der Waals surface area contributed by atoms with E-state index in [4.69, 9.17) is 19.1 Å². The molecule has 14 heteroatoms. The molecule has 0 aliphatic heterocycles. The van der Waals surface area contributed by atoms with E-state index in [-0.39, 0.29) is 50.1 Å². The number of nitrogens with one attached hydrogen (secondary N) is 2. The Labute approximate surface area is 207 Å². The van der Waals surface area contributed by atoms with Gasteiger partial charge in [-0.3, -0.25) is 19.3 Å². The lowest BCUT2D eigenvalue weighted by Crippen LogP contribution is -2.38. The van der Waals surface area contributed by atoms with E-state index < -0.39 is 37.1 Å². The van der Waals surface area contributed by atoms with Crippen LogP contribution in [0.3, 0.4) is 0 Å². The van der Waals surface area contributed by atoms with Crippen molar-refractivity contribution in [1.29, 1.82) is 0 Å². The van der Waals surface area contributed by atoms with Gasteiger partial charge in [0.15, 0.2) is 13.2 Å². The van der Waals surface area contributed by atoms with Gasteiger partial charge in [0.1, 0.15) is 26.4 Å². The minimum Gasteiger partial charge on any atom is -0.461 e. The molecule has 0 bridgehead atoms. The third-order valence-corrected chi connectivity index (χ3v) is 4.71. The second kappa shape index (κ2) is 17.6. The number of ether oxygens (including phenoxy) is 4. The molecule has 0 unspecified atom stereocenters. The maximum absolute atomic E-state index is 12.2. The predicted molar refractivity (Wildman–Crippen MR) is 118 cm³/mol. The first-order valence-electron chi connectivity index (χ1n) is 11.0. The van der Waals surface area contributed by atoms with E-state index in [0.717, 1.165) is 12.2 Å². The average Bonchev–Trinajstić information content (AvgIpc) is 2.89. The zero-order valence-electron chi connectivity index (χ0n) is 19.7. The predicted octanol–water partition coefficient (Wildman–Crippen LogP) is -0.567.